The number of nitrogens with two attached hydrogens (primary N) is 1. The number of ketones is 1. The third-order valence-electron chi connectivity index (χ3n) is 7.04. The molecule has 6 rings (SSSR count). The molecule has 214 valence electrons. The highest BCUT2D eigenvalue weighted by molar-refractivity contribution is 6.13. The van der Waals surface area contributed by atoms with Crippen molar-refractivity contribution in [3.63, 3.8) is 0 Å². The van der Waals surface area contributed by atoms with Crippen LogP contribution >= 0.6 is 0 Å². The number of nitrogens with zero attached hydrogens (tertiary/aromatic N) is 3. The van der Waals surface area contributed by atoms with Crippen molar-refractivity contribution in [2.75, 3.05) is 17.2 Å². The van der Waals surface area contributed by atoms with Crippen LogP contribution in [0.1, 0.15) is 34.5 Å². The Bertz CT molecular complexity index is 1850. The van der Waals surface area contributed by atoms with Crippen molar-refractivity contribution in [3.8, 4) is 22.9 Å². The third kappa shape index (κ3) is 4.91. The summed E-state index contributed by atoms with van der Waals surface area (Å²) in [6.07, 6.45) is 2.25. The van der Waals surface area contributed by atoms with Crippen LogP contribution in [0.2, 0.25) is 0 Å². The number of para-hydroxylation sites is 1. The Morgan fingerprint density at radius 2 is 1.88 bits per heavy atom. The second kappa shape index (κ2) is 10.6. The van der Waals surface area contributed by atoms with Crippen molar-refractivity contribution in [2.45, 2.75) is 26.4 Å². The largest absolute Gasteiger partial charge is 0.454 e. The molecule has 0 bridgehead atoms. The molecular formula is C30H24F3N5O4. The first-order valence-electron chi connectivity index (χ1n) is 13.0. The van der Waals surface area contributed by atoms with Crippen LogP contribution in [0.3, 0.4) is 0 Å². The van der Waals surface area contributed by atoms with Crippen molar-refractivity contribution in [1.82, 2.24) is 14.8 Å². The molecule has 3 N–H and O–H groups in total. The fraction of sp³-hybridized carbons (Fsp3) is 0.167. The Hall–Kier alpha value is -5.26. The minimum Gasteiger partial charge on any atom is -0.454 e. The molecule has 0 aliphatic carbocycles. The van der Waals surface area contributed by atoms with Crippen molar-refractivity contribution in [1.29, 1.82) is 0 Å². The van der Waals surface area contributed by atoms with Gasteiger partial charge in [0, 0.05) is 23.9 Å². The summed E-state index contributed by atoms with van der Waals surface area (Å²) in [5.41, 5.74) is 8.58. The number of anilines is 2. The van der Waals surface area contributed by atoms with Gasteiger partial charge in [-0.3, -0.25) is 9.59 Å². The van der Waals surface area contributed by atoms with Gasteiger partial charge in [0.25, 0.3) is 0 Å². The Morgan fingerprint density at radius 3 is 2.60 bits per heavy atom. The number of rotatable bonds is 8. The maximum absolute atomic E-state index is 14.0. The van der Waals surface area contributed by atoms with Gasteiger partial charge in [-0.2, -0.15) is 13.9 Å². The molecule has 0 unspecified atom stereocenters. The van der Waals surface area contributed by atoms with E-state index in [1.54, 1.807) is 37.3 Å². The maximum atomic E-state index is 14.0. The minimum absolute atomic E-state index is 0.0783. The normalized spacial score (nSPS) is 13.4. The average Bonchev–Trinajstić information content (AvgIpc) is 3.67. The SMILES string of the molecule is Cc1cc(Oc2ccccc2F)ccc1-n1ncc(C(=O)c2cc3cc(OC(F)F)c(N4CCCC4=O)cc3[nH]2)c1N. The van der Waals surface area contributed by atoms with Crippen LogP contribution in [-0.4, -0.2) is 39.6 Å². The van der Waals surface area contributed by atoms with Crippen molar-refractivity contribution < 1.29 is 32.2 Å². The second-order valence-corrected chi connectivity index (χ2v) is 9.78. The van der Waals surface area contributed by atoms with Gasteiger partial charge in [0.05, 0.1) is 28.8 Å². The van der Waals surface area contributed by atoms with Crippen LogP contribution < -0.4 is 20.1 Å². The molecule has 42 heavy (non-hydrogen) atoms. The first-order valence-corrected chi connectivity index (χ1v) is 13.0. The zero-order valence-electron chi connectivity index (χ0n) is 22.2. The van der Waals surface area contributed by atoms with Crippen LogP contribution in [0.15, 0.2) is 66.9 Å². The second-order valence-electron chi connectivity index (χ2n) is 9.78. The number of aromatic amines is 1. The van der Waals surface area contributed by atoms with Gasteiger partial charge in [-0.1, -0.05) is 12.1 Å². The van der Waals surface area contributed by atoms with Gasteiger partial charge in [0.15, 0.2) is 17.3 Å². The number of nitrogens with one attached hydrogen (secondary N) is 1. The van der Waals surface area contributed by atoms with Crippen molar-refractivity contribution >= 4 is 34.1 Å². The number of halogens is 3. The number of H-pyrrole nitrogens is 1. The lowest BCUT2D eigenvalue weighted by Crippen LogP contribution is -2.24. The van der Waals surface area contributed by atoms with Crippen LogP contribution in [0.4, 0.5) is 24.7 Å². The summed E-state index contributed by atoms with van der Waals surface area (Å²) in [6, 6.07) is 15.5. The number of fused-ring (bicyclic) bond motifs is 1. The quantitative estimate of drug-likeness (QED) is 0.215. The third-order valence-corrected chi connectivity index (χ3v) is 7.04. The van der Waals surface area contributed by atoms with Crippen LogP contribution in [0.5, 0.6) is 17.2 Å². The Kier molecular flexibility index (Phi) is 6.81. The summed E-state index contributed by atoms with van der Waals surface area (Å²) in [6.45, 7) is -0.916. The lowest BCUT2D eigenvalue weighted by Gasteiger charge is -2.19. The molecule has 1 saturated heterocycles. The van der Waals surface area contributed by atoms with E-state index < -0.39 is 18.2 Å². The number of amides is 1. The number of aromatic nitrogens is 3. The number of nitrogen functional groups attached to an aromatic ring is 1. The van der Waals surface area contributed by atoms with E-state index in [-0.39, 0.29) is 40.2 Å². The van der Waals surface area contributed by atoms with E-state index in [9.17, 15) is 22.8 Å². The number of carbonyl (C=O) groups excluding carboxylic acids is 2. The first-order chi connectivity index (χ1) is 20.2. The number of ether oxygens (including phenoxy) is 2. The standard InChI is InChI=1S/C30H24F3N5O4/c1-16-11-18(41-25-6-3-2-5-20(25)31)8-9-23(16)38-29(34)19(15-35-38)28(40)22-12-17-13-26(42-30(32)33)24(14-21(17)36-22)37-10-4-7-27(37)39/h2-3,5-6,8-9,11-15,30,36H,4,7,10,34H2,1H3. The minimum atomic E-state index is -3.09. The monoisotopic (exact) mass is 575 g/mol. The first kappa shape index (κ1) is 26.9. The van der Waals surface area contributed by atoms with Gasteiger partial charge in [-0.25, -0.2) is 9.07 Å². The smallest absolute Gasteiger partial charge is 0.387 e. The fourth-order valence-corrected chi connectivity index (χ4v) is 5.03. The Balaban J connectivity index is 1.30. The molecule has 0 spiro atoms. The van der Waals surface area contributed by atoms with Crippen LogP contribution in [0.25, 0.3) is 16.6 Å². The summed E-state index contributed by atoms with van der Waals surface area (Å²) >= 11 is 0. The van der Waals surface area contributed by atoms with Gasteiger partial charge in [-0.15, -0.1) is 0 Å². The highest BCUT2D eigenvalue weighted by Crippen LogP contribution is 2.37. The molecule has 1 amide bonds. The van der Waals surface area contributed by atoms with Gasteiger partial charge in [-0.05, 0) is 67.4 Å². The van der Waals surface area contributed by atoms with E-state index in [1.807, 2.05) is 0 Å². The molecule has 1 fully saturated rings. The average molecular weight is 576 g/mol. The van der Waals surface area contributed by atoms with Gasteiger partial charge in [0.2, 0.25) is 11.7 Å². The lowest BCUT2D eigenvalue weighted by molar-refractivity contribution is -0.117. The number of hydrogen-bond donors (Lipinski definition) is 2. The predicted octanol–water partition coefficient (Wildman–Crippen LogP) is 6.13. The molecule has 0 atom stereocenters. The van der Waals surface area contributed by atoms with E-state index >= 15 is 0 Å². The molecule has 3 aromatic carbocycles. The van der Waals surface area contributed by atoms with E-state index in [0.29, 0.717) is 47.3 Å². The molecule has 3 heterocycles. The zero-order chi connectivity index (χ0) is 29.5. The van der Waals surface area contributed by atoms with Gasteiger partial charge >= 0.3 is 6.61 Å². The molecular weight excluding hydrogens is 551 g/mol. The van der Waals surface area contributed by atoms with Crippen LogP contribution in [-0.2, 0) is 4.79 Å². The maximum Gasteiger partial charge on any atom is 0.387 e. The number of hydrogen-bond acceptors (Lipinski definition) is 6. The molecule has 1 aliphatic rings. The summed E-state index contributed by atoms with van der Waals surface area (Å²) < 4.78 is 52.1. The molecule has 5 aromatic rings. The van der Waals surface area contributed by atoms with Crippen molar-refractivity contribution in [2.24, 2.45) is 0 Å². The summed E-state index contributed by atoms with van der Waals surface area (Å²) in [5, 5.41) is 4.75. The number of carbonyl (C=O) groups is 2. The molecule has 0 saturated carbocycles. The Morgan fingerprint density at radius 1 is 1.07 bits per heavy atom. The molecule has 12 heteroatoms. The molecule has 0 radical (unpaired) electrons. The van der Waals surface area contributed by atoms with Crippen molar-refractivity contribution in [3.05, 3.63) is 89.5 Å². The molecule has 1 aliphatic heterocycles. The molecule has 9 nitrogen and oxygen atoms in total. The lowest BCUT2D eigenvalue weighted by atomic mass is 10.1. The number of alkyl halides is 2. The molecule has 2 aromatic heterocycles. The van der Waals surface area contributed by atoms with E-state index in [1.165, 1.54) is 46.1 Å². The van der Waals surface area contributed by atoms with E-state index in [4.69, 9.17) is 15.2 Å². The topological polar surface area (TPSA) is 115 Å². The zero-order valence-corrected chi connectivity index (χ0v) is 22.2. The number of benzene rings is 3. The van der Waals surface area contributed by atoms with Gasteiger partial charge < -0.3 is 25.1 Å². The van der Waals surface area contributed by atoms with E-state index in [2.05, 4.69) is 10.1 Å². The fourth-order valence-electron chi connectivity index (χ4n) is 5.03. The van der Waals surface area contributed by atoms with E-state index in [0.717, 1.165) is 0 Å². The summed E-state index contributed by atoms with van der Waals surface area (Å²) in [4.78, 5) is 30.2. The van der Waals surface area contributed by atoms with Crippen LogP contribution in [0, 0.1) is 12.7 Å². The highest BCUT2D eigenvalue weighted by Gasteiger charge is 2.27. The van der Waals surface area contributed by atoms with Gasteiger partial charge in [0.1, 0.15) is 11.6 Å². The predicted molar refractivity (Wildman–Crippen MR) is 149 cm³/mol. The Labute approximate surface area is 237 Å². The number of aryl methyl sites for hydroxylation is 1. The summed E-state index contributed by atoms with van der Waals surface area (Å²) in [5.74, 6) is -0.742. The summed E-state index contributed by atoms with van der Waals surface area (Å²) in [7, 11) is 0. The highest BCUT2D eigenvalue weighted by atomic mass is 19.3.